The predicted molar refractivity (Wildman–Crippen MR) is 62.0 cm³/mol. The van der Waals surface area contributed by atoms with Crippen LogP contribution in [0.5, 0.6) is 0 Å². The number of carbonyl (C=O) groups is 1. The number of nitrogens with one attached hydrogen (secondary N) is 2. The van der Waals surface area contributed by atoms with E-state index in [1.165, 1.54) is 5.56 Å². The van der Waals surface area contributed by atoms with Crippen LogP contribution in [0.25, 0.3) is 0 Å². The molecule has 0 aromatic carbocycles. The molecule has 0 radical (unpaired) electrons. The number of pyridine rings is 1. The minimum absolute atomic E-state index is 0.0254. The summed E-state index contributed by atoms with van der Waals surface area (Å²) in [6, 6.07) is 3.97. The summed E-state index contributed by atoms with van der Waals surface area (Å²) in [4.78, 5) is 15.6. The number of rotatable bonds is 4. The van der Waals surface area contributed by atoms with Crippen molar-refractivity contribution in [2.75, 3.05) is 13.1 Å². The molecule has 1 saturated heterocycles. The third-order valence-corrected chi connectivity index (χ3v) is 2.84. The van der Waals surface area contributed by atoms with Gasteiger partial charge in [-0.3, -0.25) is 9.78 Å². The van der Waals surface area contributed by atoms with Crippen molar-refractivity contribution >= 4 is 5.91 Å². The third kappa shape index (κ3) is 3.03. The van der Waals surface area contributed by atoms with Gasteiger partial charge in [-0.15, -0.1) is 0 Å². The largest absolute Gasteiger partial charge is 0.354 e. The van der Waals surface area contributed by atoms with Gasteiger partial charge in [0.15, 0.2) is 0 Å². The molecule has 4 heteroatoms. The van der Waals surface area contributed by atoms with Crippen molar-refractivity contribution in [3.05, 3.63) is 30.1 Å². The molecule has 16 heavy (non-hydrogen) atoms. The van der Waals surface area contributed by atoms with E-state index in [-0.39, 0.29) is 11.9 Å². The number of nitrogens with zero attached hydrogens (tertiary/aromatic N) is 1. The SMILES string of the molecule is O=C(NCCc1ccncc1)C1CCCN1. The molecule has 1 aromatic rings. The highest BCUT2D eigenvalue weighted by atomic mass is 16.2. The van der Waals surface area contributed by atoms with E-state index in [1.54, 1.807) is 12.4 Å². The van der Waals surface area contributed by atoms with Crippen molar-refractivity contribution in [2.24, 2.45) is 0 Å². The number of amides is 1. The first kappa shape index (κ1) is 11.1. The van der Waals surface area contributed by atoms with Gasteiger partial charge in [-0.2, -0.15) is 0 Å². The molecule has 0 spiro atoms. The zero-order valence-corrected chi connectivity index (χ0v) is 9.28. The molecule has 2 heterocycles. The van der Waals surface area contributed by atoms with Crippen LogP contribution in [0, 0.1) is 0 Å². The second-order valence-corrected chi connectivity index (χ2v) is 4.05. The molecule has 1 unspecified atom stereocenters. The normalized spacial score (nSPS) is 19.6. The van der Waals surface area contributed by atoms with Gasteiger partial charge in [0.25, 0.3) is 0 Å². The van der Waals surface area contributed by atoms with E-state index in [1.807, 2.05) is 12.1 Å². The molecule has 1 fully saturated rings. The fourth-order valence-corrected chi connectivity index (χ4v) is 1.91. The van der Waals surface area contributed by atoms with Crippen LogP contribution < -0.4 is 10.6 Å². The van der Waals surface area contributed by atoms with Gasteiger partial charge in [0, 0.05) is 18.9 Å². The Bertz CT molecular complexity index is 333. The Morgan fingerprint density at radius 1 is 1.50 bits per heavy atom. The minimum atomic E-state index is 0.0254. The van der Waals surface area contributed by atoms with Crippen molar-refractivity contribution in [3.8, 4) is 0 Å². The van der Waals surface area contributed by atoms with Gasteiger partial charge in [-0.05, 0) is 43.5 Å². The molecule has 0 aliphatic carbocycles. The smallest absolute Gasteiger partial charge is 0.237 e. The minimum Gasteiger partial charge on any atom is -0.354 e. The lowest BCUT2D eigenvalue weighted by Gasteiger charge is -2.10. The maximum absolute atomic E-state index is 11.6. The second kappa shape index (κ2) is 5.61. The zero-order valence-electron chi connectivity index (χ0n) is 9.28. The summed E-state index contributed by atoms with van der Waals surface area (Å²) < 4.78 is 0. The molecule has 2 N–H and O–H groups in total. The quantitative estimate of drug-likeness (QED) is 0.775. The van der Waals surface area contributed by atoms with E-state index in [4.69, 9.17) is 0 Å². The zero-order chi connectivity index (χ0) is 11.2. The highest BCUT2D eigenvalue weighted by Gasteiger charge is 2.20. The Kier molecular flexibility index (Phi) is 3.88. The average Bonchev–Trinajstić information content (AvgIpc) is 2.84. The molecule has 86 valence electrons. The summed E-state index contributed by atoms with van der Waals surface area (Å²) in [7, 11) is 0. The molecular formula is C12H17N3O. The summed E-state index contributed by atoms with van der Waals surface area (Å²) in [6.45, 7) is 1.66. The van der Waals surface area contributed by atoms with Gasteiger partial charge in [-0.25, -0.2) is 0 Å². The van der Waals surface area contributed by atoms with Crippen LogP contribution in [-0.4, -0.2) is 30.0 Å². The highest BCUT2D eigenvalue weighted by Crippen LogP contribution is 2.04. The molecule has 1 amide bonds. The highest BCUT2D eigenvalue weighted by molar-refractivity contribution is 5.81. The van der Waals surface area contributed by atoms with Crippen LogP contribution in [0.15, 0.2) is 24.5 Å². The van der Waals surface area contributed by atoms with Crippen LogP contribution in [0.2, 0.25) is 0 Å². The van der Waals surface area contributed by atoms with Gasteiger partial charge in [0.2, 0.25) is 5.91 Å². The molecule has 1 aromatic heterocycles. The molecule has 2 rings (SSSR count). The predicted octanol–water partition coefficient (Wildman–Crippen LogP) is 0.492. The van der Waals surface area contributed by atoms with Crippen LogP contribution in [-0.2, 0) is 11.2 Å². The Labute approximate surface area is 95.5 Å². The molecule has 0 bridgehead atoms. The lowest BCUT2D eigenvalue weighted by atomic mass is 10.2. The Morgan fingerprint density at radius 3 is 3.00 bits per heavy atom. The number of hydrogen-bond donors (Lipinski definition) is 2. The fourth-order valence-electron chi connectivity index (χ4n) is 1.91. The average molecular weight is 219 g/mol. The van der Waals surface area contributed by atoms with Crippen molar-refractivity contribution in [1.82, 2.24) is 15.6 Å². The fraction of sp³-hybridized carbons (Fsp3) is 0.500. The van der Waals surface area contributed by atoms with E-state index in [0.717, 1.165) is 25.8 Å². The molecule has 0 saturated carbocycles. The molecule has 1 aliphatic rings. The molecule has 1 atom stereocenters. The van der Waals surface area contributed by atoms with Gasteiger partial charge in [0.05, 0.1) is 6.04 Å². The van der Waals surface area contributed by atoms with Crippen LogP contribution in [0.3, 0.4) is 0 Å². The summed E-state index contributed by atoms with van der Waals surface area (Å²) in [6.07, 6.45) is 6.47. The van der Waals surface area contributed by atoms with E-state index in [0.29, 0.717) is 6.54 Å². The lowest BCUT2D eigenvalue weighted by Crippen LogP contribution is -2.41. The monoisotopic (exact) mass is 219 g/mol. The van der Waals surface area contributed by atoms with E-state index in [9.17, 15) is 4.79 Å². The van der Waals surface area contributed by atoms with E-state index >= 15 is 0 Å². The molecule has 4 nitrogen and oxygen atoms in total. The maximum Gasteiger partial charge on any atom is 0.237 e. The first-order valence-corrected chi connectivity index (χ1v) is 5.76. The van der Waals surface area contributed by atoms with Crippen molar-refractivity contribution in [3.63, 3.8) is 0 Å². The summed E-state index contributed by atoms with van der Waals surface area (Å²) in [5.41, 5.74) is 1.20. The summed E-state index contributed by atoms with van der Waals surface area (Å²) in [5, 5.41) is 6.13. The van der Waals surface area contributed by atoms with Gasteiger partial charge in [0.1, 0.15) is 0 Å². The summed E-state index contributed by atoms with van der Waals surface area (Å²) >= 11 is 0. The number of hydrogen-bond acceptors (Lipinski definition) is 3. The maximum atomic E-state index is 11.6. The number of aromatic nitrogens is 1. The Balaban J connectivity index is 1.70. The van der Waals surface area contributed by atoms with Gasteiger partial charge < -0.3 is 10.6 Å². The summed E-state index contributed by atoms with van der Waals surface area (Å²) in [5.74, 6) is 0.131. The van der Waals surface area contributed by atoms with E-state index < -0.39 is 0 Å². The van der Waals surface area contributed by atoms with Crippen LogP contribution in [0.1, 0.15) is 18.4 Å². The topological polar surface area (TPSA) is 54.0 Å². The van der Waals surface area contributed by atoms with Gasteiger partial charge in [-0.1, -0.05) is 0 Å². The van der Waals surface area contributed by atoms with Crippen molar-refractivity contribution in [2.45, 2.75) is 25.3 Å². The first-order valence-electron chi connectivity index (χ1n) is 5.76. The second-order valence-electron chi connectivity index (χ2n) is 4.05. The van der Waals surface area contributed by atoms with Gasteiger partial charge >= 0.3 is 0 Å². The van der Waals surface area contributed by atoms with Crippen LogP contribution in [0.4, 0.5) is 0 Å². The Morgan fingerprint density at radius 2 is 2.31 bits per heavy atom. The van der Waals surface area contributed by atoms with E-state index in [2.05, 4.69) is 15.6 Å². The van der Waals surface area contributed by atoms with Crippen molar-refractivity contribution in [1.29, 1.82) is 0 Å². The van der Waals surface area contributed by atoms with Crippen molar-refractivity contribution < 1.29 is 4.79 Å². The molecular weight excluding hydrogens is 202 g/mol. The molecule has 1 aliphatic heterocycles. The number of carbonyl (C=O) groups excluding carboxylic acids is 1. The first-order chi connectivity index (χ1) is 7.86. The standard InChI is InChI=1S/C12H17N3O/c16-12(11-2-1-6-14-11)15-9-5-10-3-7-13-8-4-10/h3-4,7-8,11,14H,1-2,5-6,9H2,(H,15,16). The third-order valence-electron chi connectivity index (χ3n) is 2.84. The Hall–Kier alpha value is -1.42. The van der Waals surface area contributed by atoms with Crippen LogP contribution >= 0.6 is 0 Å². The lowest BCUT2D eigenvalue weighted by molar-refractivity contribution is -0.122.